The molecule has 0 saturated carbocycles. The minimum atomic E-state index is -0.103. The number of Topliss-reactive ketones (excluding diaryl/α,β-unsaturated/α-hetero) is 1. The zero-order valence-electron chi connectivity index (χ0n) is 13.0. The predicted molar refractivity (Wildman–Crippen MR) is 86.1 cm³/mol. The van der Waals surface area contributed by atoms with E-state index < -0.39 is 0 Å². The highest BCUT2D eigenvalue weighted by Crippen LogP contribution is 2.27. The molecular formula is C18H21NO3. The number of amides is 1. The van der Waals surface area contributed by atoms with E-state index in [0.717, 1.165) is 11.1 Å². The second-order valence-corrected chi connectivity index (χ2v) is 5.01. The number of hydrogen-bond donors (Lipinski definition) is 0. The van der Waals surface area contributed by atoms with Crippen LogP contribution in [0, 0.1) is 0 Å². The molecule has 0 aromatic rings. The number of carbonyl (C=O) groups is 2. The van der Waals surface area contributed by atoms with Gasteiger partial charge in [0, 0.05) is 18.7 Å². The van der Waals surface area contributed by atoms with Gasteiger partial charge >= 0.3 is 0 Å². The first-order chi connectivity index (χ1) is 10.7. The van der Waals surface area contributed by atoms with Crippen LogP contribution in [-0.4, -0.2) is 42.9 Å². The van der Waals surface area contributed by atoms with Crippen molar-refractivity contribution in [3.8, 4) is 11.1 Å². The first-order valence-corrected chi connectivity index (χ1v) is 7.53. The van der Waals surface area contributed by atoms with Crippen molar-refractivity contribution in [3.63, 3.8) is 0 Å². The lowest BCUT2D eigenvalue weighted by molar-refractivity contribution is -0.135. The molecule has 2 rings (SSSR count). The molecular weight excluding hydrogens is 278 g/mol. The minimum Gasteiger partial charge on any atom is -0.363 e. The lowest BCUT2D eigenvalue weighted by atomic mass is 10.1. The average molecular weight is 299 g/mol. The molecule has 0 spiro atoms. The number of nitrogens with zero attached hydrogens (tertiary/aromatic N) is 1. The summed E-state index contributed by atoms with van der Waals surface area (Å²) in [5.41, 5.74) is 2.57. The summed E-state index contributed by atoms with van der Waals surface area (Å²) in [6, 6.07) is 13.4. The maximum Gasteiger partial charge on any atom is 0.248 e. The van der Waals surface area contributed by atoms with Gasteiger partial charge in [0.15, 0.2) is 5.78 Å². The van der Waals surface area contributed by atoms with E-state index in [1.165, 1.54) is 0 Å². The molecule has 1 amide bonds. The van der Waals surface area contributed by atoms with E-state index in [9.17, 15) is 9.59 Å². The average Bonchev–Trinajstić information content (AvgIpc) is 2.77. The third-order valence-corrected chi connectivity index (χ3v) is 3.67. The van der Waals surface area contributed by atoms with Crippen molar-refractivity contribution in [2.24, 2.45) is 0 Å². The fraction of sp³-hybridized carbons (Fsp3) is 0.333. The fourth-order valence-corrected chi connectivity index (χ4v) is 2.43. The summed E-state index contributed by atoms with van der Waals surface area (Å²) in [6.45, 7) is 5.00. The Morgan fingerprint density at radius 1 is 0.955 bits per heavy atom. The number of ketones is 1. The Labute approximate surface area is 131 Å². The highest BCUT2D eigenvalue weighted by Gasteiger charge is 2.16. The molecule has 0 heterocycles. The standard InChI is InChI=1S/C18H21NO3/c1-3-19(4-2)18(21)13-22-12-17(20)16-11-10-14-8-6-5-7-9-15(14)16/h5-11H,3-4,12-13H2,1-2H3. The highest BCUT2D eigenvalue weighted by molar-refractivity contribution is 6.04. The van der Waals surface area contributed by atoms with Crippen LogP contribution in [-0.2, 0) is 9.53 Å². The molecule has 0 bridgehead atoms. The zero-order chi connectivity index (χ0) is 15.9. The second-order valence-electron chi connectivity index (χ2n) is 5.01. The Morgan fingerprint density at radius 3 is 2.41 bits per heavy atom. The van der Waals surface area contributed by atoms with Crippen LogP contribution >= 0.6 is 0 Å². The molecule has 22 heavy (non-hydrogen) atoms. The molecule has 0 aromatic carbocycles. The summed E-state index contributed by atoms with van der Waals surface area (Å²) >= 11 is 0. The Balaban J connectivity index is 1.94. The number of carbonyl (C=O) groups excluding carboxylic acids is 2. The van der Waals surface area contributed by atoms with Gasteiger partial charge in [-0.2, -0.15) is 0 Å². The van der Waals surface area contributed by atoms with Crippen molar-refractivity contribution < 1.29 is 14.3 Å². The predicted octanol–water partition coefficient (Wildman–Crippen LogP) is 2.86. The molecule has 0 fully saturated rings. The first-order valence-electron chi connectivity index (χ1n) is 7.53. The van der Waals surface area contributed by atoms with E-state index in [0.29, 0.717) is 18.7 Å². The molecule has 116 valence electrons. The molecule has 0 saturated heterocycles. The molecule has 0 radical (unpaired) electrons. The number of fused-ring (bicyclic) bond motifs is 1. The van der Waals surface area contributed by atoms with E-state index >= 15 is 0 Å². The number of hydrogen-bond acceptors (Lipinski definition) is 3. The van der Waals surface area contributed by atoms with Gasteiger partial charge < -0.3 is 9.64 Å². The Morgan fingerprint density at radius 2 is 1.68 bits per heavy atom. The topological polar surface area (TPSA) is 46.6 Å². The van der Waals surface area contributed by atoms with E-state index in [4.69, 9.17) is 4.74 Å². The summed E-state index contributed by atoms with van der Waals surface area (Å²) in [7, 11) is 0. The van der Waals surface area contributed by atoms with Gasteiger partial charge in [-0.3, -0.25) is 9.59 Å². The van der Waals surface area contributed by atoms with Crippen LogP contribution in [0.4, 0.5) is 0 Å². The molecule has 2 aliphatic rings. The Hall–Kier alpha value is -2.20. The zero-order valence-corrected chi connectivity index (χ0v) is 13.0. The maximum absolute atomic E-state index is 12.3. The van der Waals surface area contributed by atoms with Crippen molar-refractivity contribution in [2.45, 2.75) is 13.8 Å². The second kappa shape index (κ2) is 7.71. The van der Waals surface area contributed by atoms with E-state index in [1.807, 2.05) is 56.3 Å². The minimum absolute atomic E-state index is 0.0557. The van der Waals surface area contributed by atoms with Crippen LogP contribution < -0.4 is 0 Å². The molecule has 0 aromatic heterocycles. The normalized spacial score (nSPS) is 10.6. The fourth-order valence-electron chi connectivity index (χ4n) is 2.43. The highest BCUT2D eigenvalue weighted by atomic mass is 16.5. The van der Waals surface area contributed by atoms with Crippen molar-refractivity contribution >= 4 is 11.7 Å². The third-order valence-electron chi connectivity index (χ3n) is 3.67. The van der Waals surface area contributed by atoms with Gasteiger partial charge in [-0.1, -0.05) is 42.5 Å². The summed E-state index contributed by atoms with van der Waals surface area (Å²) in [5, 5.41) is 0. The number of likely N-dealkylation sites (N-methyl/N-ethyl adjacent to an activating group) is 1. The van der Waals surface area contributed by atoms with Crippen molar-refractivity contribution in [2.75, 3.05) is 26.3 Å². The summed E-state index contributed by atoms with van der Waals surface area (Å²) in [4.78, 5) is 25.8. The summed E-state index contributed by atoms with van der Waals surface area (Å²) in [6.07, 6.45) is 0. The van der Waals surface area contributed by atoms with Gasteiger partial charge in [0.1, 0.15) is 13.2 Å². The van der Waals surface area contributed by atoms with E-state index in [1.54, 1.807) is 4.90 Å². The Bertz CT molecular complexity index is 620. The van der Waals surface area contributed by atoms with Gasteiger partial charge in [0.05, 0.1) is 0 Å². The third kappa shape index (κ3) is 3.71. The number of ether oxygens (including phenoxy) is 1. The molecule has 4 nitrogen and oxygen atoms in total. The van der Waals surface area contributed by atoms with Gasteiger partial charge in [-0.05, 0) is 25.0 Å². The Kier molecular flexibility index (Phi) is 5.67. The van der Waals surface area contributed by atoms with Crippen LogP contribution in [0.15, 0.2) is 42.5 Å². The molecule has 0 aliphatic heterocycles. The van der Waals surface area contributed by atoms with Crippen LogP contribution in [0.5, 0.6) is 0 Å². The summed E-state index contributed by atoms with van der Waals surface area (Å²) in [5.74, 6) is -0.190. The molecule has 2 aliphatic carbocycles. The largest absolute Gasteiger partial charge is 0.363 e. The van der Waals surface area contributed by atoms with E-state index in [-0.39, 0.29) is 24.9 Å². The molecule has 0 N–H and O–H groups in total. The van der Waals surface area contributed by atoms with Crippen molar-refractivity contribution in [1.82, 2.24) is 4.90 Å². The molecule has 0 unspecified atom stereocenters. The maximum atomic E-state index is 12.3. The van der Waals surface area contributed by atoms with Crippen molar-refractivity contribution in [3.05, 3.63) is 48.0 Å². The lowest BCUT2D eigenvalue weighted by Gasteiger charge is -2.18. The van der Waals surface area contributed by atoms with Gasteiger partial charge in [0.2, 0.25) is 5.91 Å². The van der Waals surface area contributed by atoms with Gasteiger partial charge in [-0.15, -0.1) is 0 Å². The smallest absolute Gasteiger partial charge is 0.248 e. The van der Waals surface area contributed by atoms with Gasteiger partial charge in [-0.25, -0.2) is 0 Å². The van der Waals surface area contributed by atoms with Crippen LogP contribution in [0.25, 0.3) is 11.1 Å². The molecule has 4 heteroatoms. The van der Waals surface area contributed by atoms with Crippen LogP contribution in [0.1, 0.15) is 24.2 Å². The number of rotatable bonds is 7. The molecule has 0 atom stereocenters. The quantitative estimate of drug-likeness (QED) is 0.739. The SMILES string of the molecule is CCN(CC)C(=O)COCC(=O)c1ccc2cccccc1-2. The monoisotopic (exact) mass is 299 g/mol. The van der Waals surface area contributed by atoms with Crippen LogP contribution in [0.3, 0.4) is 0 Å². The summed E-state index contributed by atoms with van der Waals surface area (Å²) < 4.78 is 5.30. The van der Waals surface area contributed by atoms with Crippen molar-refractivity contribution in [1.29, 1.82) is 0 Å². The van der Waals surface area contributed by atoms with E-state index in [2.05, 4.69) is 0 Å². The first kappa shape index (κ1) is 16.2. The van der Waals surface area contributed by atoms with Gasteiger partial charge in [0.25, 0.3) is 0 Å². The lowest BCUT2D eigenvalue weighted by Crippen LogP contribution is -2.34. The van der Waals surface area contributed by atoms with Crippen LogP contribution in [0.2, 0.25) is 0 Å².